The van der Waals surface area contributed by atoms with Gasteiger partial charge in [-0.05, 0) is 98.7 Å². The Balaban J connectivity index is 0.962. The van der Waals surface area contributed by atoms with Gasteiger partial charge in [-0.25, -0.2) is 0 Å². The highest BCUT2D eigenvalue weighted by molar-refractivity contribution is 8.47. The first kappa shape index (κ1) is 53.4. The Morgan fingerprint density at radius 3 is 0.534 bits per heavy atom. The predicted octanol–water partition coefficient (Wildman–Crippen LogP) is 21.4. The third-order valence-electron chi connectivity index (χ3n) is 7.22. The summed E-state index contributed by atoms with van der Waals surface area (Å²) in [6.45, 7) is 0. The highest BCUT2D eigenvalue weighted by Gasteiger charge is 2.33. The summed E-state index contributed by atoms with van der Waals surface area (Å²) in [5, 5.41) is 0. The molecule has 0 nitrogen and oxygen atoms in total. The van der Waals surface area contributed by atoms with Crippen molar-refractivity contribution in [2.45, 2.75) is 25.7 Å². The molecule has 0 aromatic heterocycles. The van der Waals surface area contributed by atoms with Crippen LogP contribution in [0.1, 0.15) is 25.7 Å². The highest BCUT2D eigenvalue weighted by Crippen LogP contribution is 2.68. The molecule has 0 bridgehead atoms. The lowest BCUT2D eigenvalue weighted by atomic mass is 10.4. The molecular formula is C34H40S24. The molecule has 320 valence electrons. The van der Waals surface area contributed by atoms with Gasteiger partial charge in [-0.15, -0.1) is 141 Å². The van der Waals surface area contributed by atoms with E-state index in [1.807, 2.05) is 212 Å². The average molecular weight is 1220 g/mol. The van der Waals surface area contributed by atoms with Crippen molar-refractivity contribution in [1.82, 2.24) is 0 Å². The maximum Gasteiger partial charge on any atom is 0.0717 e. The third-order valence-corrected chi connectivity index (χ3v) is 41.1. The summed E-state index contributed by atoms with van der Waals surface area (Å²) in [5.41, 5.74) is 0. The number of hydrogen-bond donors (Lipinski definition) is 0. The van der Waals surface area contributed by atoms with Crippen LogP contribution < -0.4 is 0 Å². The van der Waals surface area contributed by atoms with Crippen molar-refractivity contribution >= 4 is 282 Å². The molecule has 0 fully saturated rings. The lowest BCUT2D eigenvalue weighted by molar-refractivity contribution is 0.909. The van der Waals surface area contributed by atoms with E-state index in [1.54, 1.807) is 8.47 Å². The van der Waals surface area contributed by atoms with Crippen molar-refractivity contribution in [1.29, 1.82) is 0 Å². The van der Waals surface area contributed by atoms with Crippen molar-refractivity contribution in [3.63, 3.8) is 0 Å². The van der Waals surface area contributed by atoms with Crippen LogP contribution in [0.5, 0.6) is 0 Å². The monoisotopic (exact) mass is 1220 g/mol. The van der Waals surface area contributed by atoms with E-state index in [1.165, 1.54) is 116 Å². The van der Waals surface area contributed by atoms with Gasteiger partial charge in [0.05, 0.1) is 76.3 Å². The minimum absolute atomic E-state index is 1.20. The molecule has 6 aliphatic heterocycles. The van der Waals surface area contributed by atoms with Gasteiger partial charge in [0.15, 0.2) is 0 Å². The number of unbranched alkanes of at least 4 members (excludes halogenated alkanes) is 2. The van der Waals surface area contributed by atoms with Crippen LogP contribution in [-0.2, 0) is 0 Å². The van der Waals surface area contributed by atoms with Gasteiger partial charge in [0.2, 0.25) is 0 Å². The van der Waals surface area contributed by atoms with Crippen LogP contribution in [0.15, 0.2) is 76.3 Å². The second kappa shape index (κ2) is 28.7. The summed E-state index contributed by atoms with van der Waals surface area (Å²) in [6.07, 6.45) is 22.8. The van der Waals surface area contributed by atoms with Crippen molar-refractivity contribution < 1.29 is 0 Å². The Bertz CT molecular complexity index is 1670. The normalized spacial score (nSPS) is 20.7. The molecule has 0 amide bonds. The maximum atomic E-state index is 2.24. The molecule has 0 aromatic rings. The molecule has 0 spiro atoms. The molecule has 0 aromatic carbocycles. The van der Waals surface area contributed by atoms with Crippen LogP contribution in [0.4, 0.5) is 0 Å². The molecule has 0 aliphatic carbocycles. The fourth-order valence-corrected chi connectivity index (χ4v) is 37.4. The van der Waals surface area contributed by atoms with Crippen LogP contribution in [0.25, 0.3) is 0 Å². The van der Waals surface area contributed by atoms with Crippen LogP contribution in [0, 0.1) is 0 Å². The van der Waals surface area contributed by atoms with Gasteiger partial charge < -0.3 is 0 Å². The molecule has 0 unspecified atom stereocenters. The highest BCUT2D eigenvalue weighted by atomic mass is 32.3. The fourth-order valence-electron chi connectivity index (χ4n) is 4.56. The van der Waals surface area contributed by atoms with E-state index in [0.717, 1.165) is 0 Å². The lowest BCUT2D eigenvalue weighted by Crippen LogP contribution is -1.86. The summed E-state index contributed by atoms with van der Waals surface area (Å²) in [4.78, 5) is 0. The second-order valence-corrected chi connectivity index (χ2v) is 38.7. The predicted molar refractivity (Wildman–Crippen MR) is 331 cm³/mol. The molecule has 0 radical (unpaired) electrons. The molecule has 0 saturated carbocycles. The molecule has 24 heteroatoms. The SMILES string of the molecule is CSC1=C(SC)SC(=C2SC(SC)=C(SCCCCSC3=C(SCCCCSC4=C(SC)SC(=C5SC(SC)=C(SC)S5)S4)SC(=C4SC(SC)=C(SC)S4)S3)S2)S1. The zero-order valence-corrected chi connectivity index (χ0v) is 52.1. The van der Waals surface area contributed by atoms with Gasteiger partial charge >= 0.3 is 0 Å². The first-order chi connectivity index (χ1) is 28.4. The van der Waals surface area contributed by atoms with E-state index < -0.39 is 0 Å². The van der Waals surface area contributed by atoms with E-state index in [2.05, 4.69) is 121 Å². The van der Waals surface area contributed by atoms with Gasteiger partial charge in [-0.1, -0.05) is 141 Å². The maximum absolute atomic E-state index is 2.24. The minimum Gasteiger partial charge on any atom is -0.121 e. The van der Waals surface area contributed by atoms with Crippen LogP contribution in [0.2, 0.25) is 0 Å². The standard InChI is InChI=1S/C34H40S24/c1-35-17-18(36-2)48-29(47-17)32-53-23(41-7)25(55-32)43-13-9-11-15-45-27-28(58-34(57-27)31-51-21(39-5)22(40-6)52-31)46-16-12-10-14-44-26-24(42-8)54-33(56-26)30-49-19(37-3)20(38-4)50-30/h9-16H2,1-8H3. The Labute approximate surface area is 449 Å². The topological polar surface area (TPSA) is 0 Å². The summed E-state index contributed by atoms with van der Waals surface area (Å²) in [6, 6.07) is 0. The Morgan fingerprint density at radius 2 is 0.362 bits per heavy atom. The van der Waals surface area contributed by atoms with E-state index in [4.69, 9.17) is 0 Å². The van der Waals surface area contributed by atoms with Gasteiger partial charge in [-0.2, -0.15) is 0 Å². The number of rotatable bonds is 22. The summed E-state index contributed by atoms with van der Waals surface area (Å²) < 4.78 is 26.8. The average Bonchev–Trinajstić information content (AvgIpc) is 4.11. The fraction of sp³-hybridized carbons (Fsp3) is 0.471. The van der Waals surface area contributed by atoms with Crippen molar-refractivity contribution in [3.05, 3.63) is 76.3 Å². The Kier molecular flexibility index (Phi) is 26.4. The van der Waals surface area contributed by atoms with Crippen LogP contribution in [0.3, 0.4) is 0 Å². The smallest absolute Gasteiger partial charge is 0.0717 e. The summed E-state index contributed by atoms with van der Waals surface area (Å²) >= 11 is 47.6. The molecule has 0 atom stereocenters. The zero-order valence-electron chi connectivity index (χ0n) is 32.5. The molecule has 6 rings (SSSR count). The van der Waals surface area contributed by atoms with Crippen molar-refractivity contribution in [2.24, 2.45) is 0 Å². The quantitative estimate of drug-likeness (QED) is 0.0944. The van der Waals surface area contributed by atoms with E-state index in [9.17, 15) is 0 Å². The van der Waals surface area contributed by atoms with Gasteiger partial charge in [0.1, 0.15) is 0 Å². The van der Waals surface area contributed by atoms with Crippen LogP contribution >= 0.6 is 282 Å². The minimum atomic E-state index is 1.20. The number of hydrogen-bond acceptors (Lipinski definition) is 24. The van der Waals surface area contributed by atoms with Crippen LogP contribution in [-0.4, -0.2) is 73.1 Å². The third kappa shape index (κ3) is 15.0. The van der Waals surface area contributed by atoms with E-state index in [-0.39, 0.29) is 0 Å². The molecule has 6 heterocycles. The molecular weight excluding hydrogens is 1180 g/mol. The Hall–Kier alpha value is 6.06. The summed E-state index contributed by atoms with van der Waals surface area (Å²) in [7, 11) is 0. The molecule has 6 aliphatic rings. The number of thioether (sulfide) groups is 24. The first-order valence-electron chi connectivity index (χ1n) is 17.0. The Morgan fingerprint density at radius 1 is 0.224 bits per heavy atom. The lowest BCUT2D eigenvalue weighted by Gasteiger charge is -2.07. The largest absolute Gasteiger partial charge is 0.121 e. The van der Waals surface area contributed by atoms with Gasteiger partial charge in [-0.3, -0.25) is 0 Å². The molecule has 58 heavy (non-hydrogen) atoms. The molecule has 0 saturated heterocycles. The second-order valence-electron chi connectivity index (χ2n) is 10.8. The van der Waals surface area contributed by atoms with Gasteiger partial charge in [0.25, 0.3) is 0 Å². The van der Waals surface area contributed by atoms with E-state index >= 15 is 0 Å². The summed E-state index contributed by atoms with van der Waals surface area (Å²) in [5.74, 6) is 4.79. The first-order valence-corrected chi connectivity index (χ1v) is 40.6. The van der Waals surface area contributed by atoms with Gasteiger partial charge in [0, 0.05) is 0 Å². The van der Waals surface area contributed by atoms with Crippen molar-refractivity contribution in [3.8, 4) is 0 Å². The van der Waals surface area contributed by atoms with Crippen molar-refractivity contribution in [2.75, 3.05) is 73.1 Å². The molecule has 0 N–H and O–H groups in total. The van der Waals surface area contributed by atoms with E-state index in [0.29, 0.717) is 0 Å². The zero-order chi connectivity index (χ0) is 41.0.